The number of fused-ring (bicyclic) bond motifs is 1. The summed E-state index contributed by atoms with van der Waals surface area (Å²) in [4.78, 5) is 12.4. The number of halogens is 1. The van der Waals surface area contributed by atoms with E-state index in [2.05, 4.69) is 17.4 Å². The highest BCUT2D eigenvalue weighted by Gasteiger charge is 2.22. The van der Waals surface area contributed by atoms with E-state index in [-0.39, 0.29) is 17.6 Å². The lowest BCUT2D eigenvalue weighted by atomic mass is 9.91. The van der Waals surface area contributed by atoms with E-state index in [9.17, 15) is 9.18 Å². The Morgan fingerprint density at radius 2 is 1.72 bits per heavy atom. The van der Waals surface area contributed by atoms with Crippen LogP contribution in [-0.2, 0) is 11.3 Å². The van der Waals surface area contributed by atoms with E-state index in [1.807, 2.05) is 37.3 Å². The average molecular weight is 336 g/mol. The maximum atomic E-state index is 12.9. The summed E-state index contributed by atoms with van der Waals surface area (Å²) in [6.45, 7) is 2.28. The number of amides is 1. The Balaban J connectivity index is 1.66. The highest BCUT2D eigenvalue weighted by Crippen LogP contribution is 2.23. The van der Waals surface area contributed by atoms with Gasteiger partial charge >= 0.3 is 0 Å². The van der Waals surface area contributed by atoms with Crippen molar-refractivity contribution in [2.24, 2.45) is 5.73 Å². The van der Waals surface area contributed by atoms with Gasteiger partial charge in [-0.3, -0.25) is 4.79 Å². The summed E-state index contributed by atoms with van der Waals surface area (Å²) < 4.78 is 12.9. The zero-order chi connectivity index (χ0) is 17.8. The van der Waals surface area contributed by atoms with Gasteiger partial charge in [0.15, 0.2) is 0 Å². The fourth-order valence-corrected chi connectivity index (χ4v) is 2.83. The molecule has 3 nitrogen and oxygen atoms in total. The topological polar surface area (TPSA) is 55.1 Å². The fourth-order valence-electron chi connectivity index (χ4n) is 2.83. The quantitative estimate of drug-likeness (QED) is 0.746. The molecule has 128 valence electrons. The minimum atomic E-state index is -0.651. The third-order valence-electron chi connectivity index (χ3n) is 4.52. The lowest BCUT2D eigenvalue weighted by Gasteiger charge is -2.20. The largest absolute Gasteiger partial charge is 0.351 e. The van der Waals surface area contributed by atoms with Crippen LogP contribution in [0, 0.1) is 5.82 Å². The molecule has 2 unspecified atom stereocenters. The third-order valence-corrected chi connectivity index (χ3v) is 4.52. The van der Waals surface area contributed by atoms with Crippen LogP contribution in [0.1, 0.15) is 24.0 Å². The Morgan fingerprint density at radius 1 is 1.04 bits per heavy atom. The zero-order valence-electron chi connectivity index (χ0n) is 14.1. The van der Waals surface area contributed by atoms with Crippen LogP contribution < -0.4 is 11.1 Å². The van der Waals surface area contributed by atoms with Crippen LogP contribution in [0.4, 0.5) is 4.39 Å². The van der Waals surface area contributed by atoms with E-state index in [1.165, 1.54) is 12.1 Å². The third kappa shape index (κ3) is 4.03. The number of benzene rings is 3. The van der Waals surface area contributed by atoms with Crippen molar-refractivity contribution in [2.75, 3.05) is 0 Å². The first-order valence-corrected chi connectivity index (χ1v) is 8.31. The molecule has 0 bridgehead atoms. The van der Waals surface area contributed by atoms with E-state index in [0.29, 0.717) is 6.54 Å². The normalized spacial score (nSPS) is 13.4. The summed E-state index contributed by atoms with van der Waals surface area (Å²) in [7, 11) is 0. The Labute approximate surface area is 146 Å². The predicted molar refractivity (Wildman–Crippen MR) is 98.6 cm³/mol. The molecule has 0 heterocycles. The van der Waals surface area contributed by atoms with Gasteiger partial charge in [0.05, 0.1) is 6.04 Å². The first-order valence-electron chi connectivity index (χ1n) is 8.31. The number of hydrogen-bond donors (Lipinski definition) is 2. The smallest absolute Gasteiger partial charge is 0.237 e. The van der Waals surface area contributed by atoms with Gasteiger partial charge < -0.3 is 11.1 Å². The van der Waals surface area contributed by atoms with Crippen LogP contribution >= 0.6 is 0 Å². The highest BCUT2D eigenvalue weighted by molar-refractivity contribution is 5.85. The maximum Gasteiger partial charge on any atom is 0.237 e. The second-order valence-corrected chi connectivity index (χ2v) is 6.27. The molecule has 0 aliphatic heterocycles. The molecule has 0 saturated heterocycles. The first kappa shape index (κ1) is 17.1. The highest BCUT2D eigenvalue weighted by atomic mass is 19.1. The monoisotopic (exact) mass is 336 g/mol. The molecule has 1 amide bonds. The van der Waals surface area contributed by atoms with Crippen molar-refractivity contribution in [1.82, 2.24) is 5.32 Å². The van der Waals surface area contributed by atoms with Gasteiger partial charge in [0.25, 0.3) is 0 Å². The van der Waals surface area contributed by atoms with E-state index in [4.69, 9.17) is 5.73 Å². The average Bonchev–Trinajstić information content (AvgIpc) is 2.65. The Bertz CT molecular complexity index is 876. The molecule has 0 aliphatic carbocycles. The van der Waals surface area contributed by atoms with Crippen LogP contribution in [0.3, 0.4) is 0 Å². The first-order chi connectivity index (χ1) is 12.0. The van der Waals surface area contributed by atoms with Gasteiger partial charge in [-0.2, -0.15) is 0 Å². The van der Waals surface area contributed by atoms with Crippen LogP contribution in [-0.4, -0.2) is 11.9 Å². The van der Waals surface area contributed by atoms with Gasteiger partial charge in [-0.1, -0.05) is 61.5 Å². The van der Waals surface area contributed by atoms with Crippen LogP contribution in [0.2, 0.25) is 0 Å². The van der Waals surface area contributed by atoms with Crippen LogP contribution in [0.5, 0.6) is 0 Å². The molecular formula is C21H21FN2O. The molecule has 0 spiro atoms. The summed E-state index contributed by atoms with van der Waals surface area (Å²) >= 11 is 0. The molecule has 0 saturated carbocycles. The Kier molecular flexibility index (Phi) is 5.10. The standard InChI is InChI=1S/C21H21FN2O/c1-14(17-9-8-16-4-2-3-5-18(16)12-17)20(23)21(25)24-13-15-6-10-19(22)11-7-15/h2-12,14,20H,13,23H2,1H3,(H,24,25). The van der Waals surface area contributed by atoms with Gasteiger partial charge in [0, 0.05) is 12.5 Å². The molecule has 3 aromatic rings. The molecule has 2 atom stereocenters. The molecule has 0 radical (unpaired) electrons. The number of rotatable bonds is 5. The summed E-state index contributed by atoms with van der Waals surface area (Å²) in [6.07, 6.45) is 0. The van der Waals surface area contributed by atoms with Gasteiger partial charge in [-0.15, -0.1) is 0 Å². The minimum absolute atomic E-state index is 0.113. The lowest BCUT2D eigenvalue weighted by molar-refractivity contribution is -0.122. The van der Waals surface area contributed by atoms with Crippen molar-refractivity contribution in [3.63, 3.8) is 0 Å². The predicted octanol–water partition coefficient (Wildman–Crippen LogP) is 3.73. The molecule has 4 heteroatoms. The van der Waals surface area contributed by atoms with Crippen molar-refractivity contribution in [3.05, 3.63) is 83.7 Å². The molecule has 25 heavy (non-hydrogen) atoms. The minimum Gasteiger partial charge on any atom is -0.351 e. The molecular weight excluding hydrogens is 315 g/mol. The molecule has 3 N–H and O–H groups in total. The van der Waals surface area contributed by atoms with Crippen molar-refractivity contribution in [1.29, 1.82) is 0 Å². The molecule has 3 rings (SSSR count). The second-order valence-electron chi connectivity index (χ2n) is 6.27. The molecule has 3 aromatic carbocycles. The summed E-state index contributed by atoms with van der Waals surface area (Å²) in [5.41, 5.74) is 8.02. The molecule has 0 fully saturated rings. The SMILES string of the molecule is CC(c1ccc2ccccc2c1)C(N)C(=O)NCc1ccc(F)cc1. The van der Waals surface area contributed by atoms with Gasteiger partial charge in [-0.05, 0) is 34.0 Å². The van der Waals surface area contributed by atoms with E-state index in [0.717, 1.165) is 21.9 Å². The molecule has 0 aromatic heterocycles. The van der Waals surface area contributed by atoms with Crippen molar-refractivity contribution < 1.29 is 9.18 Å². The number of carbonyl (C=O) groups is 1. The van der Waals surface area contributed by atoms with Crippen molar-refractivity contribution in [2.45, 2.75) is 25.4 Å². The number of nitrogens with two attached hydrogens (primary N) is 1. The van der Waals surface area contributed by atoms with Crippen LogP contribution in [0.25, 0.3) is 10.8 Å². The van der Waals surface area contributed by atoms with Gasteiger partial charge in [-0.25, -0.2) is 4.39 Å². The lowest BCUT2D eigenvalue weighted by Crippen LogP contribution is -2.43. The summed E-state index contributed by atoms with van der Waals surface area (Å²) in [5, 5.41) is 5.11. The van der Waals surface area contributed by atoms with Gasteiger partial charge in [0.2, 0.25) is 5.91 Å². The maximum absolute atomic E-state index is 12.9. The Hall–Kier alpha value is -2.72. The van der Waals surface area contributed by atoms with E-state index < -0.39 is 6.04 Å². The fraction of sp³-hybridized carbons (Fsp3) is 0.190. The molecule has 0 aliphatic rings. The summed E-state index contributed by atoms with van der Waals surface area (Å²) in [6, 6.07) is 19.6. The zero-order valence-corrected chi connectivity index (χ0v) is 14.1. The second kappa shape index (κ2) is 7.45. The Morgan fingerprint density at radius 3 is 2.44 bits per heavy atom. The van der Waals surface area contributed by atoms with Crippen LogP contribution in [0.15, 0.2) is 66.7 Å². The van der Waals surface area contributed by atoms with Crippen molar-refractivity contribution in [3.8, 4) is 0 Å². The van der Waals surface area contributed by atoms with Gasteiger partial charge in [0.1, 0.15) is 5.82 Å². The number of nitrogens with one attached hydrogen (secondary N) is 1. The summed E-state index contributed by atoms with van der Waals surface area (Å²) in [5.74, 6) is -0.625. The number of carbonyl (C=O) groups excluding carboxylic acids is 1. The van der Waals surface area contributed by atoms with Crippen molar-refractivity contribution >= 4 is 16.7 Å². The van der Waals surface area contributed by atoms with E-state index in [1.54, 1.807) is 12.1 Å². The number of hydrogen-bond acceptors (Lipinski definition) is 2. The van der Waals surface area contributed by atoms with E-state index >= 15 is 0 Å².